The fourth-order valence-corrected chi connectivity index (χ4v) is 2.88. The molecule has 1 aromatic carbocycles. The van der Waals surface area contributed by atoms with Crippen LogP contribution >= 0.6 is 0 Å². The first-order chi connectivity index (χ1) is 12.1. The molecule has 0 spiro atoms. The monoisotopic (exact) mass is 336 g/mol. The summed E-state index contributed by atoms with van der Waals surface area (Å²) in [6, 6.07) is 7.61. The lowest BCUT2D eigenvalue weighted by Gasteiger charge is -2.07. The second-order valence-corrected chi connectivity index (χ2v) is 5.83. The molecule has 0 saturated heterocycles. The first-order valence-corrected chi connectivity index (χ1v) is 7.90. The van der Waals surface area contributed by atoms with Gasteiger partial charge in [-0.2, -0.15) is 4.52 Å². The summed E-state index contributed by atoms with van der Waals surface area (Å²) in [5.74, 6) is 0.180. The third-order valence-electron chi connectivity index (χ3n) is 4.17. The van der Waals surface area contributed by atoms with Crippen LogP contribution in [0.25, 0.3) is 16.7 Å². The SMILES string of the molecule is Cc1nc2nc[nH]n2c(=O)c1CCC(=O)Nc1ccc2[nH]ccc2c1. The number of hydrogen-bond acceptors (Lipinski definition) is 4. The van der Waals surface area contributed by atoms with Crippen LogP contribution in [0.1, 0.15) is 17.7 Å². The van der Waals surface area contributed by atoms with Crippen molar-refractivity contribution in [2.75, 3.05) is 5.32 Å². The molecule has 0 aliphatic carbocycles. The van der Waals surface area contributed by atoms with Gasteiger partial charge in [0, 0.05) is 34.8 Å². The average Bonchev–Trinajstić information content (AvgIpc) is 3.22. The number of H-pyrrole nitrogens is 2. The van der Waals surface area contributed by atoms with Crippen molar-refractivity contribution in [2.24, 2.45) is 0 Å². The van der Waals surface area contributed by atoms with Crippen LogP contribution in [0.2, 0.25) is 0 Å². The van der Waals surface area contributed by atoms with E-state index in [1.807, 2.05) is 30.5 Å². The maximum Gasteiger partial charge on any atom is 0.277 e. The molecular weight excluding hydrogens is 320 g/mol. The maximum absolute atomic E-state index is 12.4. The van der Waals surface area contributed by atoms with E-state index in [2.05, 4.69) is 25.4 Å². The summed E-state index contributed by atoms with van der Waals surface area (Å²) in [7, 11) is 0. The number of rotatable bonds is 4. The highest BCUT2D eigenvalue weighted by Crippen LogP contribution is 2.18. The van der Waals surface area contributed by atoms with Gasteiger partial charge in [-0.3, -0.25) is 14.7 Å². The molecule has 4 aromatic rings. The smallest absolute Gasteiger partial charge is 0.277 e. The molecule has 0 fully saturated rings. The van der Waals surface area contributed by atoms with Gasteiger partial charge in [-0.25, -0.2) is 9.97 Å². The number of hydrogen-bond donors (Lipinski definition) is 3. The highest BCUT2D eigenvalue weighted by Gasteiger charge is 2.13. The minimum atomic E-state index is -0.221. The van der Waals surface area contributed by atoms with Crippen molar-refractivity contribution >= 4 is 28.3 Å². The normalized spacial score (nSPS) is 11.2. The Bertz CT molecular complexity index is 1140. The number of carbonyl (C=O) groups excluding carboxylic acids is 1. The van der Waals surface area contributed by atoms with Crippen LogP contribution in [0, 0.1) is 6.92 Å². The van der Waals surface area contributed by atoms with Crippen molar-refractivity contribution in [3.63, 3.8) is 0 Å². The molecule has 0 aliphatic rings. The van der Waals surface area contributed by atoms with Gasteiger partial charge in [0.2, 0.25) is 5.91 Å². The second-order valence-electron chi connectivity index (χ2n) is 5.83. The fourth-order valence-electron chi connectivity index (χ4n) is 2.88. The van der Waals surface area contributed by atoms with E-state index < -0.39 is 0 Å². The molecule has 126 valence electrons. The summed E-state index contributed by atoms with van der Waals surface area (Å²) in [6.45, 7) is 1.75. The van der Waals surface area contributed by atoms with Gasteiger partial charge in [0.25, 0.3) is 11.3 Å². The van der Waals surface area contributed by atoms with Gasteiger partial charge < -0.3 is 10.3 Å². The molecule has 0 aliphatic heterocycles. The van der Waals surface area contributed by atoms with E-state index >= 15 is 0 Å². The van der Waals surface area contributed by atoms with Gasteiger partial charge in [0.15, 0.2) is 0 Å². The van der Waals surface area contributed by atoms with Gasteiger partial charge >= 0.3 is 0 Å². The Morgan fingerprint density at radius 3 is 3.08 bits per heavy atom. The van der Waals surface area contributed by atoms with Crippen molar-refractivity contribution < 1.29 is 4.79 Å². The van der Waals surface area contributed by atoms with Gasteiger partial charge in [-0.15, -0.1) is 0 Å². The molecule has 4 rings (SSSR count). The number of carbonyl (C=O) groups is 1. The number of aryl methyl sites for hydroxylation is 1. The predicted molar refractivity (Wildman–Crippen MR) is 93.6 cm³/mol. The van der Waals surface area contributed by atoms with E-state index in [4.69, 9.17) is 0 Å². The van der Waals surface area contributed by atoms with Crippen LogP contribution in [0.5, 0.6) is 0 Å². The zero-order valence-corrected chi connectivity index (χ0v) is 13.5. The van der Waals surface area contributed by atoms with Gasteiger partial charge in [-0.05, 0) is 37.6 Å². The zero-order chi connectivity index (χ0) is 17.4. The second kappa shape index (κ2) is 5.90. The number of benzene rings is 1. The Hall–Kier alpha value is -3.42. The quantitative estimate of drug-likeness (QED) is 0.528. The molecule has 3 heterocycles. The van der Waals surface area contributed by atoms with E-state index in [9.17, 15) is 9.59 Å². The summed E-state index contributed by atoms with van der Waals surface area (Å²) >= 11 is 0. The van der Waals surface area contributed by atoms with Gasteiger partial charge in [0.05, 0.1) is 5.69 Å². The third kappa shape index (κ3) is 2.78. The van der Waals surface area contributed by atoms with Crippen molar-refractivity contribution in [1.29, 1.82) is 0 Å². The van der Waals surface area contributed by atoms with Crippen LogP contribution in [0.4, 0.5) is 5.69 Å². The minimum Gasteiger partial charge on any atom is -0.361 e. The number of aromatic nitrogens is 5. The van der Waals surface area contributed by atoms with Gasteiger partial charge in [0.1, 0.15) is 6.33 Å². The Kier molecular flexibility index (Phi) is 3.57. The van der Waals surface area contributed by atoms with E-state index in [1.165, 1.54) is 10.8 Å². The summed E-state index contributed by atoms with van der Waals surface area (Å²) in [5.41, 5.74) is 2.63. The van der Waals surface area contributed by atoms with Crippen LogP contribution < -0.4 is 10.9 Å². The summed E-state index contributed by atoms with van der Waals surface area (Å²) in [4.78, 5) is 36.0. The highest BCUT2D eigenvalue weighted by atomic mass is 16.1. The highest BCUT2D eigenvalue weighted by molar-refractivity contribution is 5.93. The lowest BCUT2D eigenvalue weighted by Crippen LogP contribution is -2.23. The standard InChI is InChI=1S/C17H16N6O2/c1-10-13(16(25)23-17(21-10)19-9-20-23)3-5-15(24)22-12-2-4-14-11(8-12)6-7-18-14/h2,4,6-9,18H,3,5H2,1H3,(H,22,24)(H,19,20,21). The fraction of sp³-hybridized carbons (Fsp3) is 0.176. The maximum atomic E-state index is 12.4. The Labute approximate surface area is 141 Å². The molecule has 8 nitrogen and oxygen atoms in total. The van der Waals surface area contributed by atoms with Crippen molar-refractivity contribution in [3.05, 3.63) is 58.4 Å². The number of amides is 1. The molecule has 3 aromatic heterocycles. The van der Waals surface area contributed by atoms with Crippen LogP contribution in [-0.4, -0.2) is 30.5 Å². The number of aromatic amines is 2. The molecule has 0 saturated carbocycles. The molecule has 3 N–H and O–H groups in total. The van der Waals surface area contributed by atoms with E-state index in [1.54, 1.807) is 6.92 Å². The predicted octanol–water partition coefficient (Wildman–Crippen LogP) is 1.78. The van der Waals surface area contributed by atoms with Crippen molar-refractivity contribution in [2.45, 2.75) is 19.8 Å². The zero-order valence-electron chi connectivity index (χ0n) is 13.5. The van der Waals surface area contributed by atoms with E-state index in [0.717, 1.165) is 16.6 Å². The number of fused-ring (bicyclic) bond motifs is 2. The van der Waals surface area contributed by atoms with E-state index in [0.29, 0.717) is 23.5 Å². The third-order valence-corrected chi connectivity index (χ3v) is 4.17. The first-order valence-electron chi connectivity index (χ1n) is 7.90. The topological polar surface area (TPSA) is 108 Å². The van der Waals surface area contributed by atoms with Crippen LogP contribution in [0.3, 0.4) is 0 Å². The lowest BCUT2D eigenvalue weighted by molar-refractivity contribution is -0.116. The Morgan fingerprint density at radius 1 is 1.32 bits per heavy atom. The van der Waals surface area contributed by atoms with E-state index in [-0.39, 0.29) is 17.9 Å². The summed E-state index contributed by atoms with van der Waals surface area (Å²) in [6.07, 6.45) is 3.78. The van der Waals surface area contributed by atoms with Crippen LogP contribution in [-0.2, 0) is 11.2 Å². The molecule has 0 bridgehead atoms. The average molecular weight is 336 g/mol. The van der Waals surface area contributed by atoms with Crippen LogP contribution in [0.15, 0.2) is 41.6 Å². The lowest BCUT2D eigenvalue weighted by atomic mass is 10.1. The van der Waals surface area contributed by atoms with Crippen molar-refractivity contribution in [1.82, 2.24) is 24.6 Å². The van der Waals surface area contributed by atoms with Gasteiger partial charge in [-0.1, -0.05) is 0 Å². The molecule has 0 atom stereocenters. The van der Waals surface area contributed by atoms with Crippen molar-refractivity contribution in [3.8, 4) is 0 Å². The molecule has 1 amide bonds. The first kappa shape index (κ1) is 15.1. The molecule has 25 heavy (non-hydrogen) atoms. The largest absolute Gasteiger partial charge is 0.361 e. The minimum absolute atomic E-state index is 0.150. The summed E-state index contributed by atoms with van der Waals surface area (Å²) in [5, 5.41) is 6.62. The Balaban J connectivity index is 1.49. The summed E-state index contributed by atoms with van der Waals surface area (Å²) < 4.78 is 1.28. The number of anilines is 1. The molecule has 8 heteroatoms. The molecular formula is C17H16N6O2. The molecule has 0 unspecified atom stereocenters. The number of nitrogens with zero attached hydrogens (tertiary/aromatic N) is 3. The number of nitrogens with one attached hydrogen (secondary N) is 3. The Morgan fingerprint density at radius 2 is 2.20 bits per heavy atom. The molecule has 0 radical (unpaired) electrons.